The molecule has 8 heteroatoms. The predicted molar refractivity (Wildman–Crippen MR) is 147 cm³/mol. The van der Waals surface area contributed by atoms with Gasteiger partial charge in [0.25, 0.3) is 5.91 Å². The van der Waals surface area contributed by atoms with Crippen molar-refractivity contribution in [2.45, 2.75) is 57.5 Å². The van der Waals surface area contributed by atoms with Crippen LogP contribution in [0.3, 0.4) is 0 Å². The van der Waals surface area contributed by atoms with E-state index in [0.29, 0.717) is 13.2 Å². The van der Waals surface area contributed by atoms with Gasteiger partial charge < -0.3 is 29.5 Å². The highest BCUT2D eigenvalue weighted by Crippen LogP contribution is 2.41. The Kier molecular flexibility index (Phi) is 9.17. The van der Waals surface area contributed by atoms with Crippen molar-refractivity contribution in [3.05, 3.63) is 48.0 Å². The van der Waals surface area contributed by atoms with Crippen molar-refractivity contribution in [3.8, 4) is 0 Å². The number of likely N-dealkylation sites (N-methyl/N-ethyl adjacent to an activating group) is 1. The zero-order valence-electron chi connectivity index (χ0n) is 21.9. The molecule has 37 heavy (non-hydrogen) atoms. The van der Waals surface area contributed by atoms with Crippen molar-refractivity contribution in [3.63, 3.8) is 0 Å². The van der Waals surface area contributed by atoms with Crippen molar-refractivity contribution in [2.75, 3.05) is 48.5 Å². The number of rotatable bonds is 5. The summed E-state index contributed by atoms with van der Waals surface area (Å²) >= 11 is 0. The maximum Gasteiger partial charge on any atom is 0.256 e. The third kappa shape index (κ3) is 6.49. The van der Waals surface area contributed by atoms with Crippen molar-refractivity contribution in [1.82, 2.24) is 4.90 Å². The largest absolute Gasteiger partial charge is 0.378 e. The van der Waals surface area contributed by atoms with Gasteiger partial charge in [-0.05, 0) is 50.1 Å². The highest BCUT2D eigenvalue weighted by Gasteiger charge is 2.40. The number of nitrogens with one attached hydrogen (secondary N) is 1. The van der Waals surface area contributed by atoms with Crippen LogP contribution in [0, 0.1) is 6.92 Å². The van der Waals surface area contributed by atoms with Gasteiger partial charge >= 0.3 is 0 Å². The maximum atomic E-state index is 12.9. The van der Waals surface area contributed by atoms with Crippen LogP contribution >= 0.6 is 0 Å². The molecule has 0 radical (unpaired) electrons. The first-order valence-corrected chi connectivity index (χ1v) is 13.3. The topological polar surface area (TPSA) is 82.2 Å². The summed E-state index contributed by atoms with van der Waals surface area (Å²) in [5, 5.41) is 3.46. The number of nitrogens with zero attached hydrogens (tertiary/aromatic N) is 3. The average molecular weight is 507 g/mol. The second kappa shape index (κ2) is 12.7. The molecule has 1 atom stereocenters. The van der Waals surface area contributed by atoms with Crippen molar-refractivity contribution >= 4 is 41.4 Å². The van der Waals surface area contributed by atoms with Crippen LogP contribution in [0.2, 0.25) is 0 Å². The molecule has 2 amide bonds. The van der Waals surface area contributed by atoms with Gasteiger partial charge in [-0.25, -0.2) is 0 Å². The molecule has 0 spiro atoms. The number of benzene rings is 2. The van der Waals surface area contributed by atoms with E-state index in [1.165, 1.54) is 18.4 Å². The Labute approximate surface area is 219 Å². The molecule has 8 nitrogen and oxygen atoms in total. The molecule has 2 heterocycles. The van der Waals surface area contributed by atoms with Crippen molar-refractivity contribution < 1.29 is 19.1 Å². The van der Waals surface area contributed by atoms with Gasteiger partial charge in [-0.15, -0.1) is 0 Å². The van der Waals surface area contributed by atoms with Crippen LogP contribution in [-0.2, 0) is 19.1 Å². The quantitative estimate of drug-likeness (QED) is 0.370. The molecule has 2 aliphatic heterocycles. The number of morpholine rings is 1. The first-order valence-electron chi connectivity index (χ1n) is 13.3. The first kappa shape index (κ1) is 26.7. The van der Waals surface area contributed by atoms with Crippen LogP contribution in [0.5, 0.6) is 0 Å². The van der Waals surface area contributed by atoms with Gasteiger partial charge in [-0.1, -0.05) is 43.4 Å². The third-order valence-electron chi connectivity index (χ3n) is 7.38. The Bertz CT molecular complexity index is 1060. The number of carbonyl (C=O) groups excluding carboxylic acids is 3. The zero-order chi connectivity index (χ0) is 26.2. The molecule has 3 aliphatic rings. The molecule has 2 fully saturated rings. The SMILES string of the molecule is Cc1ccc(Nc2ccc3c(c2)N(C2CCCCCC2)C(C=O)C(=O)N3C)cc1.O=CN1CCOCC1. The minimum Gasteiger partial charge on any atom is -0.378 e. The Morgan fingerprint density at radius 3 is 2.14 bits per heavy atom. The van der Waals surface area contributed by atoms with Gasteiger partial charge in [0.05, 0.1) is 24.6 Å². The molecule has 2 aromatic rings. The van der Waals surface area contributed by atoms with Crippen LogP contribution in [0.4, 0.5) is 22.7 Å². The van der Waals surface area contributed by atoms with E-state index in [1.807, 2.05) is 12.1 Å². The second-order valence-electron chi connectivity index (χ2n) is 9.98. The molecular weight excluding hydrogens is 468 g/mol. The van der Waals surface area contributed by atoms with Crippen LogP contribution in [-0.4, -0.2) is 68.9 Å². The second-order valence-corrected chi connectivity index (χ2v) is 9.98. The number of ether oxygens (including phenoxy) is 1. The summed E-state index contributed by atoms with van der Waals surface area (Å²) in [6.07, 6.45) is 8.47. The summed E-state index contributed by atoms with van der Waals surface area (Å²) in [5.74, 6) is -0.143. The molecular formula is C29H38N4O4. The van der Waals surface area contributed by atoms with Gasteiger partial charge in [-0.3, -0.25) is 9.59 Å². The lowest BCUT2D eigenvalue weighted by molar-refractivity contribution is -0.124. The van der Waals surface area contributed by atoms with E-state index >= 15 is 0 Å². The fourth-order valence-electron chi connectivity index (χ4n) is 5.25. The minimum atomic E-state index is -0.745. The highest BCUT2D eigenvalue weighted by molar-refractivity contribution is 6.13. The predicted octanol–water partition coefficient (Wildman–Crippen LogP) is 4.29. The number of aryl methyl sites for hydroxylation is 1. The minimum absolute atomic E-state index is 0.143. The van der Waals surface area contributed by atoms with Crippen LogP contribution in [0.15, 0.2) is 42.5 Å². The van der Waals surface area contributed by atoms with Gasteiger partial charge in [0.15, 0.2) is 12.3 Å². The number of amides is 2. The first-order chi connectivity index (χ1) is 18.0. The molecule has 1 N–H and O–H groups in total. The molecule has 198 valence electrons. The molecule has 1 saturated carbocycles. The van der Waals surface area contributed by atoms with E-state index in [4.69, 9.17) is 4.74 Å². The Morgan fingerprint density at radius 1 is 0.892 bits per heavy atom. The van der Waals surface area contributed by atoms with Crippen LogP contribution < -0.4 is 15.1 Å². The van der Waals surface area contributed by atoms with E-state index in [1.54, 1.807) is 16.8 Å². The summed E-state index contributed by atoms with van der Waals surface area (Å²) < 4.78 is 5.00. The van der Waals surface area contributed by atoms with E-state index in [2.05, 4.69) is 47.5 Å². The van der Waals surface area contributed by atoms with E-state index < -0.39 is 6.04 Å². The standard InChI is InChI=1S/C24H29N3O2.C5H9NO2/c1-17-9-11-18(12-10-17)25-19-13-14-21-22(15-19)27(20-7-5-3-4-6-8-20)23(16-28)24(29)26(21)2;7-5-6-1-3-8-4-2-6/h9-16,20,23,25H,3-8H2,1-2H3;5H,1-4H2. The van der Waals surface area contributed by atoms with Crippen molar-refractivity contribution in [1.29, 1.82) is 0 Å². The monoisotopic (exact) mass is 506 g/mol. The molecule has 0 bridgehead atoms. The Hall–Kier alpha value is -3.39. The number of aldehydes is 1. The molecule has 1 saturated heterocycles. The fourth-order valence-corrected chi connectivity index (χ4v) is 5.25. The Balaban J connectivity index is 0.000000342. The maximum absolute atomic E-state index is 12.9. The number of fused-ring (bicyclic) bond motifs is 1. The summed E-state index contributed by atoms with van der Waals surface area (Å²) in [4.78, 5) is 40.3. The molecule has 1 aliphatic carbocycles. The van der Waals surface area contributed by atoms with Gasteiger partial charge in [0.1, 0.15) is 0 Å². The number of anilines is 4. The lowest BCUT2D eigenvalue weighted by Crippen LogP contribution is -2.56. The van der Waals surface area contributed by atoms with E-state index in [-0.39, 0.29) is 11.9 Å². The molecule has 0 aromatic heterocycles. The smallest absolute Gasteiger partial charge is 0.256 e. The normalized spacial score (nSPS) is 20.3. The number of hydrogen-bond acceptors (Lipinski definition) is 6. The Morgan fingerprint density at radius 2 is 1.54 bits per heavy atom. The zero-order valence-corrected chi connectivity index (χ0v) is 21.9. The lowest BCUT2D eigenvalue weighted by atomic mass is 9.99. The third-order valence-corrected chi connectivity index (χ3v) is 7.38. The van der Waals surface area contributed by atoms with Crippen LogP contribution in [0.25, 0.3) is 0 Å². The summed E-state index contributed by atoms with van der Waals surface area (Å²) in [6, 6.07) is 13.8. The van der Waals surface area contributed by atoms with Crippen molar-refractivity contribution in [2.24, 2.45) is 0 Å². The molecule has 2 aromatic carbocycles. The highest BCUT2D eigenvalue weighted by atomic mass is 16.5. The number of hydrogen-bond donors (Lipinski definition) is 1. The fraction of sp³-hybridized carbons (Fsp3) is 0.483. The van der Waals surface area contributed by atoms with Crippen LogP contribution in [0.1, 0.15) is 44.1 Å². The summed E-state index contributed by atoms with van der Waals surface area (Å²) in [5.41, 5.74) is 5.02. The molecule has 5 rings (SSSR count). The van der Waals surface area contributed by atoms with Gasteiger partial charge in [0.2, 0.25) is 6.41 Å². The summed E-state index contributed by atoms with van der Waals surface area (Å²) in [7, 11) is 1.76. The lowest BCUT2D eigenvalue weighted by Gasteiger charge is -2.44. The number of carbonyl (C=O) groups is 3. The summed E-state index contributed by atoms with van der Waals surface area (Å²) in [6.45, 7) is 4.96. The molecule has 1 unspecified atom stereocenters. The van der Waals surface area contributed by atoms with E-state index in [9.17, 15) is 14.4 Å². The average Bonchev–Trinajstić information content (AvgIpc) is 3.22. The van der Waals surface area contributed by atoms with Gasteiger partial charge in [0, 0.05) is 37.6 Å². The van der Waals surface area contributed by atoms with Gasteiger partial charge in [-0.2, -0.15) is 0 Å². The van der Waals surface area contributed by atoms with E-state index in [0.717, 1.165) is 74.2 Å².